The van der Waals surface area contributed by atoms with Crippen molar-refractivity contribution in [2.75, 3.05) is 13.2 Å². The highest BCUT2D eigenvalue weighted by Gasteiger charge is 2.30. The minimum atomic E-state index is -4.46. The number of ether oxygens (including phenoxy) is 2. The van der Waals surface area contributed by atoms with Crippen LogP contribution in [0.15, 0.2) is 46.4 Å². The van der Waals surface area contributed by atoms with Crippen LogP contribution >= 0.6 is 0 Å². The molecule has 1 fully saturated rings. The average molecular weight is 420 g/mol. The maximum Gasteiger partial charge on any atom is 0.416 e. The number of hydrogen-bond acceptors (Lipinski definition) is 5. The fourth-order valence-electron chi connectivity index (χ4n) is 2.86. The van der Waals surface area contributed by atoms with Gasteiger partial charge < -0.3 is 19.2 Å². The van der Waals surface area contributed by atoms with E-state index in [2.05, 4.69) is 5.32 Å². The summed E-state index contributed by atoms with van der Waals surface area (Å²) < 4.78 is 54.5. The molecule has 2 heterocycles. The number of amides is 1. The van der Waals surface area contributed by atoms with Gasteiger partial charge in [-0.05, 0) is 43.2 Å². The Morgan fingerprint density at radius 2 is 2.17 bits per heavy atom. The SMILES string of the molecule is N#C/C(=C/c1ccc(COc2cccc(C(F)(F)F)c2)o1)C(=O)NC[C@H]1CCCO1. The van der Waals surface area contributed by atoms with Crippen LogP contribution in [0.2, 0.25) is 0 Å². The molecule has 3 rings (SSSR count). The molecule has 0 unspecified atom stereocenters. The second kappa shape index (κ2) is 9.50. The first-order valence-corrected chi connectivity index (χ1v) is 9.25. The van der Waals surface area contributed by atoms with Crippen LogP contribution in [0.3, 0.4) is 0 Å². The highest BCUT2D eigenvalue weighted by molar-refractivity contribution is 6.01. The predicted octanol–water partition coefficient (Wildman–Crippen LogP) is 4.08. The van der Waals surface area contributed by atoms with Gasteiger partial charge in [-0.25, -0.2) is 0 Å². The van der Waals surface area contributed by atoms with Crippen molar-refractivity contribution in [2.45, 2.75) is 31.7 Å². The van der Waals surface area contributed by atoms with Crippen molar-refractivity contribution in [2.24, 2.45) is 0 Å². The van der Waals surface area contributed by atoms with Gasteiger partial charge >= 0.3 is 6.18 Å². The van der Waals surface area contributed by atoms with E-state index in [4.69, 9.17) is 13.9 Å². The summed E-state index contributed by atoms with van der Waals surface area (Å²) in [6.07, 6.45) is -1.41. The first-order chi connectivity index (χ1) is 14.3. The number of hydrogen-bond donors (Lipinski definition) is 1. The highest BCUT2D eigenvalue weighted by Crippen LogP contribution is 2.31. The largest absolute Gasteiger partial charge is 0.486 e. The van der Waals surface area contributed by atoms with Gasteiger partial charge in [0.15, 0.2) is 0 Å². The second-order valence-electron chi connectivity index (χ2n) is 6.63. The van der Waals surface area contributed by atoms with Crippen molar-refractivity contribution >= 4 is 12.0 Å². The van der Waals surface area contributed by atoms with Gasteiger partial charge in [0.25, 0.3) is 5.91 Å². The lowest BCUT2D eigenvalue weighted by Crippen LogP contribution is -2.32. The van der Waals surface area contributed by atoms with E-state index in [-0.39, 0.29) is 29.8 Å². The average Bonchev–Trinajstić information content (AvgIpc) is 3.40. The van der Waals surface area contributed by atoms with Crippen LogP contribution < -0.4 is 10.1 Å². The molecule has 1 amide bonds. The van der Waals surface area contributed by atoms with Crippen molar-refractivity contribution in [3.8, 4) is 11.8 Å². The van der Waals surface area contributed by atoms with Gasteiger partial charge in [0.2, 0.25) is 0 Å². The van der Waals surface area contributed by atoms with E-state index in [0.717, 1.165) is 25.0 Å². The van der Waals surface area contributed by atoms with E-state index < -0.39 is 17.6 Å². The summed E-state index contributed by atoms with van der Waals surface area (Å²) in [7, 11) is 0. The van der Waals surface area contributed by atoms with Crippen molar-refractivity contribution in [3.63, 3.8) is 0 Å². The fraction of sp³-hybridized carbons (Fsp3) is 0.333. The summed E-state index contributed by atoms with van der Waals surface area (Å²) in [6, 6.07) is 9.43. The highest BCUT2D eigenvalue weighted by atomic mass is 19.4. The zero-order valence-corrected chi connectivity index (χ0v) is 15.9. The molecule has 0 radical (unpaired) electrons. The van der Waals surface area contributed by atoms with Gasteiger partial charge in [-0.15, -0.1) is 0 Å². The molecular formula is C21H19F3N2O4. The maximum atomic E-state index is 12.8. The summed E-state index contributed by atoms with van der Waals surface area (Å²) in [6.45, 7) is 0.883. The molecule has 1 atom stereocenters. The Kier molecular flexibility index (Phi) is 6.79. The third-order valence-electron chi connectivity index (χ3n) is 4.39. The van der Waals surface area contributed by atoms with Gasteiger partial charge in [-0.1, -0.05) is 6.07 Å². The maximum absolute atomic E-state index is 12.8. The quantitative estimate of drug-likeness (QED) is 0.539. The number of nitriles is 1. The van der Waals surface area contributed by atoms with Crippen LogP contribution in [0.25, 0.3) is 6.08 Å². The zero-order valence-electron chi connectivity index (χ0n) is 15.9. The summed E-state index contributed by atoms with van der Waals surface area (Å²) in [5, 5.41) is 11.9. The molecule has 0 saturated carbocycles. The Bertz CT molecular complexity index is 954. The van der Waals surface area contributed by atoms with Crippen molar-refractivity contribution < 1.29 is 31.9 Å². The third kappa shape index (κ3) is 5.87. The molecule has 0 bridgehead atoms. The Morgan fingerprint density at radius 1 is 1.33 bits per heavy atom. The number of carbonyl (C=O) groups excluding carboxylic acids is 1. The van der Waals surface area contributed by atoms with E-state index in [1.165, 1.54) is 24.3 Å². The van der Waals surface area contributed by atoms with E-state index >= 15 is 0 Å². The number of halogens is 3. The first kappa shape index (κ1) is 21.5. The van der Waals surface area contributed by atoms with Crippen LogP contribution in [0.1, 0.15) is 29.9 Å². The first-order valence-electron chi connectivity index (χ1n) is 9.25. The van der Waals surface area contributed by atoms with Crippen LogP contribution in [0.4, 0.5) is 13.2 Å². The smallest absolute Gasteiger partial charge is 0.416 e. The molecule has 1 aromatic heterocycles. The van der Waals surface area contributed by atoms with Crippen molar-refractivity contribution in [3.05, 3.63) is 59.1 Å². The minimum Gasteiger partial charge on any atom is -0.486 e. The molecule has 2 aromatic rings. The molecule has 30 heavy (non-hydrogen) atoms. The number of alkyl halides is 3. The Labute approximate surface area is 170 Å². The Morgan fingerprint density at radius 3 is 2.87 bits per heavy atom. The van der Waals surface area contributed by atoms with Crippen LogP contribution in [0, 0.1) is 11.3 Å². The molecule has 0 aliphatic carbocycles. The van der Waals surface area contributed by atoms with Gasteiger partial charge in [0.05, 0.1) is 11.7 Å². The minimum absolute atomic E-state index is 0.0443. The van der Waals surface area contributed by atoms with Crippen molar-refractivity contribution in [1.82, 2.24) is 5.32 Å². The van der Waals surface area contributed by atoms with E-state index in [9.17, 15) is 23.2 Å². The lowest BCUT2D eigenvalue weighted by atomic mass is 10.2. The van der Waals surface area contributed by atoms with Crippen LogP contribution in [-0.4, -0.2) is 25.2 Å². The van der Waals surface area contributed by atoms with Gasteiger partial charge in [0.1, 0.15) is 35.5 Å². The van der Waals surface area contributed by atoms with E-state index in [0.29, 0.717) is 18.9 Å². The summed E-state index contributed by atoms with van der Waals surface area (Å²) >= 11 is 0. The van der Waals surface area contributed by atoms with Crippen LogP contribution in [-0.2, 0) is 22.3 Å². The predicted molar refractivity (Wildman–Crippen MR) is 100 cm³/mol. The summed E-state index contributed by atoms with van der Waals surface area (Å²) in [5.74, 6) is 0.0906. The summed E-state index contributed by atoms with van der Waals surface area (Å²) in [4.78, 5) is 12.2. The molecule has 1 aromatic carbocycles. The molecule has 0 spiro atoms. The number of carbonyl (C=O) groups is 1. The normalized spacial score (nSPS) is 16.9. The van der Waals surface area contributed by atoms with Gasteiger partial charge in [-0.3, -0.25) is 4.79 Å². The molecule has 1 N–H and O–H groups in total. The zero-order chi connectivity index (χ0) is 21.6. The third-order valence-corrected chi connectivity index (χ3v) is 4.39. The topological polar surface area (TPSA) is 84.5 Å². The molecular weight excluding hydrogens is 401 g/mol. The summed E-state index contributed by atoms with van der Waals surface area (Å²) in [5.41, 5.74) is -0.941. The van der Waals surface area contributed by atoms with E-state index in [1.807, 2.05) is 6.07 Å². The standard InChI is InChI=1S/C21H19F3N2O4/c22-21(23,24)15-3-1-4-16(10-15)29-13-19-7-6-17(30-19)9-14(11-25)20(27)26-12-18-5-2-8-28-18/h1,3-4,6-7,9-10,18H,2,5,8,12-13H2,(H,26,27)/b14-9-/t18-/m1/s1. The lowest BCUT2D eigenvalue weighted by molar-refractivity contribution is -0.137. The molecule has 9 heteroatoms. The van der Waals surface area contributed by atoms with E-state index in [1.54, 1.807) is 6.07 Å². The van der Waals surface area contributed by atoms with Gasteiger partial charge in [0, 0.05) is 19.2 Å². The molecule has 6 nitrogen and oxygen atoms in total. The Hall–Kier alpha value is -3.25. The van der Waals surface area contributed by atoms with Gasteiger partial charge in [-0.2, -0.15) is 18.4 Å². The Balaban J connectivity index is 1.58. The lowest BCUT2D eigenvalue weighted by Gasteiger charge is -2.10. The van der Waals surface area contributed by atoms with Crippen LogP contribution in [0.5, 0.6) is 5.75 Å². The fourth-order valence-corrected chi connectivity index (χ4v) is 2.86. The molecule has 158 valence electrons. The molecule has 1 saturated heterocycles. The monoisotopic (exact) mass is 420 g/mol. The molecule has 1 aliphatic heterocycles. The number of rotatable bonds is 7. The van der Waals surface area contributed by atoms with Crippen molar-refractivity contribution in [1.29, 1.82) is 5.26 Å². The number of benzene rings is 1. The molecule has 1 aliphatic rings. The number of nitrogens with zero attached hydrogens (tertiary/aromatic N) is 1. The number of furan rings is 1. The second-order valence-corrected chi connectivity index (χ2v) is 6.63. The number of nitrogens with one attached hydrogen (secondary N) is 1.